The van der Waals surface area contributed by atoms with Gasteiger partial charge < -0.3 is 9.14 Å². The van der Waals surface area contributed by atoms with E-state index in [0.717, 1.165) is 5.52 Å². The van der Waals surface area contributed by atoms with Crippen LogP contribution in [0.25, 0.3) is 5.52 Å². The molecule has 0 aliphatic carbocycles. The first-order valence-electron chi connectivity index (χ1n) is 5.98. The van der Waals surface area contributed by atoms with E-state index in [1.54, 1.807) is 56.0 Å². The maximum absolute atomic E-state index is 12.0. The van der Waals surface area contributed by atoms with Crippen LogP contribution in [0.15, 0.2) is 30.9 Å². The lowest BCUT2D eigenvalue weighted by Crippen LogP contribution is -2.30. The van der Waals surface area contributed by atoms with Crippen molar-refractivity contribution in [3.63, 3.8) is 0 Å². The highest BCUT2D eigenvalue weighted by atomic mass is 16.5. The van der Waals surface area contributed by atoms with Gasteiger partial charge in [-0.25, -0.2) is 9.78 Å². The molecule has 0 saturated heterocycles. The minimum Gasteiger partial charge on any atom is -0.457 e. The molecule has 2 aromatic heterocycles. The summed E-state index contributed by atoms with van der Waals surface area (Å²) in [5.41, 5.74) is 0.561. The zero-order valence-corrected chi connectivity index (χ0v) is 11.1. The van der Waals surface area contributed by atoms with Crippen molar-refractivity contribution in [1.82, 2.24) is 9.38 Å². The highest BCUT2D eigenvalue weighted by Gasteiger charge is 2.29. The van der Waals surface area contributed by atoms with Crippen molar-refractivity contribution in [2.75, 3.05) is 0 Å². The third-order valence-corrected chi connectivity index (χ3v) is 3.24. The Kier molecular flexibility index (Phi) is 3.26. The molecule has 0 radical (unpaired) electrons. The number of aromatic nitrogens is 2. The summed E-state index contributed by atoms with van der Waals surface area (Å²) in [6, 6.07) is 5.51. The Morgan fingerprint density at radius 3 is 3.00 bits per heavy atom. The van der Waals surface area contributed by atoms with E-state index in [4.69, 9.17) is 10.00 Å². The van der Waals surface area contributed by atoms with Crippen LogP contribution in [-0.2, 0) is 4.74 Å². The Bertz CT molecular complexity index is 652. The molecule has 0 unspecified atom stereocenters. The van der Waals surface area contributed by atoms with Crippen molar-refractivity contribution in [3.8, 4) is 6.07 Å². The molecule has 0 bridgehead atoms. The standard InChI is InChI=1S/C14H15N3O2/c1-10(14(2,3)8-15)19-13(18)11-4-5-17-9-16-7-12(17)6-11/h4-7,9-10H,1-3H3/t10-/m1/s1. The van der Waals surface area contributed by atoms with Crippen LogP contribution >= 0.6 is 0 Å². The first-order chi connectivity index (χ1) is 8.94. The third kappa shape index (κ3) is 2.58. The fourth-order valence-electron chi connectivity index (χ4n) is 1.51. The van der Waals surface area contributed by atoms with Gasteiger partial charge >= 0.3 is 5.97 Å². The number of rotatable bonds is 3. The zero-order valence-electron chi connectivity index (χ0n) is 11.1. The van der Waals surface area contributed by atoms with E-state index in [1.807, 2.05) is 0 Å². The lowest BCUT2D eigenvalue weighted by atomic mass is 9.89. The summed E-state index contributed by atoms with van der Waals surface area (Å²) in [6.45, 7) is 5.20. The predicted molar refractivity (Wildman–Crippen MR) is 69.5 cm³/mol. The molecule has 0 fully saturated rings. The molecular formula is C14H15N3O2. The largest absolute Gasteiger partial charge is 0.457 e. The Balaban J connectivity index is 2.18. The average molecular weight is 257 g/mol. The smallest absolute Gasteiger partial charge is 0.338 e. The van der Waals surface area contributed by atoms with Gasteiger partial charge in [-0.2, -0.15) is 5.26 Å². The molecular weight excluding hydrogens is 242 g/mol. The van der Waals surface area contributed by atoms with E-state index >= 15 is 0 Å². The van der Waals surface area contributed by atoms with Crippen LogP contribution in [0, 0.1) is 16.7 Å². The van der Waals surface area contributed by atoms with Gasteiger partial charge in [0.15, 0.2) is 0 Å². The summed E-state index contributed by atoms with van der Waals surface area (Å²) >= 11 is 0. The van der Waals surface area contributed by atoms with Crippen LogP contribution in [0.1, 0.15) is 31.1 Å². The van der Waals surface area contributed by atoms with Crippen LogP contribution in [0.5, 0.6) is 0 Å². The highest BCUT2D eigenvalue weighted by Crippen LogP contribution is 2.23. The summed E-state index contributed by atoms with van der Waals surface area (Å²) in [7, 11) is 0. The van der Waals surface area contributed by atoms with Gasteiger partial charge in [0.25, 0.3) is 0 Å². The molecule has 0 N–H and O–H groups in total. The van der Waals surface area contributed by atoms with E-state index in [9.17, 15) is 4.79 Å². The molecule has 5 nitrogen and oxygen atoms in total. The van der Waals surface area contributed by atoms with Gasteiger partial charge in [-0.1, -0.05) is 0 Å². The Morgan fingerprint density at radius 1 is 1.58 bits per heavy atom. The van der Waals surface area contributed by atoms with Crippen LogP contribution in [0.4, 0.5) is 0 Å². The summed E-state index contributed by atoms with van der Waals surface area (Å²) < 4.78 is 7.13. The maximum Gasteiger partial charge on any atom is 0.338 e. The fraction of sp³-hybridized carbons (Fsp3) is 0.357. The first kappa shape index (κ1) is 13.1. The van der Waals surface area contributed by atoms with Crippen LogP contribution in [0.3, 0.4) is 0 Å². The highest BCUT2D eigenvalue weighted by molar-refractivity contribution is 5.90. The molecule has 0 aromatic carbocycles. The van der Waals surface area contributed by atoms with E-state index in [2.05, 4.69) is 11.1 Å². The summed E-state index contributed by atoms with van der Waals surface area (Å²) in [5, 5.41) is 9.01. The number of esters is 1. The van der Waals surface area contributed by atoms with E-state index in [-0.39, 0.29) is 0 Å². The van der Waals surface area contributed by atoms with Crippen LogP contribution < -0.4 is 0 Å². The van der Waals surface area contributed by atoms with Gasteiger partial charge in [0, 0.05) is 6.20 Å². The topological polar surface area (TPSA) is 67.4 Å². The molecule has 19 heavy (non-hydrogen) atoms. The number of imidazole rings is 1. The third-order valence-electron chi connectivity index (χ3n) is 3.24. The molecule has 0 amide bonds. The monoisotopic (exact) mass is 257 g/mol. The van der Waals surface area contributed by atoms with Crippen molar-refractivity contribution >= 4 is 11.5 Å². The number of nitrogens with zero attached hydrogens (tertiary/aromatic N) is 3. The molecule has 98 valence electrons. The van der Waals surface area contributed by atoms with Crippen molar-refractivity contribution < 1.29 is 9.53 Å². The Hall–Kier alpha value is -2.35. The molecule has 2 heterocycles. The van der Waals surface area contributed by atoms with Gasteiger partial charge in [-0.05, 0) is 32.9 Å². The summed E-state index contributed by atoms with van der Waals surface area (Å²) in [4.78, 5) is 16.0. The molecule has 2 rings (SSSR count). The van der Waals surface area contributed by atoms with Gasteiger partial charge in [-0.3, -0.25) is 0 Å². The van der Waals surface area contributed by atoms with Crippen LogP contribution in [0.2, 0.25) is 0 Å². The molecule has 5 heteroatoms. The number of fused-ring (bicyclic) bond motifs is 1. The average Bonchev–Trinajstić information content (AvgIpc) is 2.85. The second-order valence-corrected chi connectivity index (χ2v) is 5.02. The Morgan fingerprint density at radius 2 is 2.32 bits per heavy atom. The lowest BCUT2D eigenvalue weighted by Gasteiger charge is -2.24. The first-order valence-corrected chi connectivity index (χ1v) is 5.98. The minimum atomic E-state index is -0.712. The number of nitriles is 1. The predicted octanol–water partition coefficient (Wildman–Crippen LogP) is 2.43. The minimum absolute atomic E-state index is 0.431. The van der Waals surface area contributed by atoms with E-state index in [1.165, 1.54) is 0 Å². The maximum atomic E-state index is 12.0. The number of ether oxygens (including phenoxy) is 1. The Labute approximate surface area is 111 Å². The van der Waals surface area contributed by atoms with Crippen LogP contribution in [-0.4, -0.2) is 21.5 Å². The second-order valence-electron chi connectivity index (χ2n) is 5.02. The van der Waals surface area contributed by atoms with Gasteiger partial charge in [0.05, 0.1) is 35.1 Å². The number of hydrogen-bond donors (Lipinski definition) is 0. The summed E-state index contributed by atoms with van der Waals surface area (Å²) in [6.07, 6.45) is 4.59. The van der Waals surface area contributed by atoms with Gasteiger partial charge in [-0.15, -0.1) is 0 Å². The fourth-order valence-corrected chi connectivity index (χ4v) is 1.51. The number of carbonyl (C=O) groups excluding carboxylic acids is 1. The van der Waals surface area contributed by atoms with Crippen molar-refractivity contribution in [2.24, 2.45) is 5.41 Å². The molecule has 0 saturated carbocycles. The molecule has 1 atom stereocenters. The molecule has 0 aliphatic rings. The van der Waals surface area contributed by atoms with Gasteiger partial charge in [0.2, 0.25) is 0 Å². The van der Waals surface area contributed by atoms with E-state index in [0.29, 0.717) is 5.56 Å². The zero-order chi connectivity index (χ0) is 14.0. The van der Waals surface area contributed by atoms with Crippen molar-refractivity contribution in [3.05, 3.63) is 36.4 Å². The number of pyridine rings is 1. The molecule has 0 spiro atoms. The molecule has 2 aromatic rings. The molecule has 0 aliphatic heterocycles. The second kappa shape index (κ2) is 4.73. The quantitative estimate of drug-likeness (QED) is 0.792. The number of carbonyl (C=O) groups is 1. The number of hydrogen-bond acceptors (Lipinski definition) is 4. The van der Waals surface area contributed by atoms with Gasteiger partial charge in [0.1, 0.15) is 6.10 Å². The summed E-state index contributed by atoms with van der Waals surface area (Å²) in [5.74, 6) is -0.431. The SMILES string of the molecule is C[C@@H](OC(=O)c1ccn2cncc2c1)C(C)(C)C#N. The lowest BCUT2D eigenvalue weighted by molar-refractivity contribution is 0.0129. The van der Waals surface area contributed by atoms with Crippen molar-refractivity contribution in [1.29, 1.82) is 5.26 Å². The normalized spacial score (nSPS) is 12.9. The van der Waals surface area contributed by atoms with Crippen molar-refractivity contribution in [2.45, 2.75) is 26.9 Å². The van der Waals surface area contributed by atoms with E-state index < -0.39 is 17.5 Å².